The Morgan fingerprint density at radius 1 is 0.871 bits per heavy atom. The first-order valence-corrected chi connectivity index (χ1v) is 10.4. The predicted octanol–water partition coefficient (Wildman–Crippen LogP) is 7.30. The van der Waals surface area contributed by atoms with Crippen LogP contribution in [0.15, 0.2) is 54.6 Å². The first kappa shape index (κ1) is 21.3. The Morgan fingerprint density at radius 2 is 1.52 bits per heavy atom. The van der Waals surface area contributed by atoms with Gasteiger partial charge in [0.1, 0.15) is 0 Å². The third-order valence-electron chi connectivity index (χ3n) is 4.47. The van der Waals surface area contributed by atoms with Crippen molar-refractivity contribution in [3.05, 3.63) is 75.9 Å². The van der Waals surface area contributed by atoms with Gasteiger partial charge in [0, 0.05) is 16.3 Å². The maximum Gasteiger partial charge on any atom is 0.416 e. The normalized spacial score (nSPS) is 11.5. The maximum absolute atomic E-state index is 12.9. The molecular weight excluding hydrogens is 445 g/mol. The van der Waals surface area contributed by atoms with Crippen LogP contribution in [0.4, 0.5) is 24.8 Å². The van der Waals surface area contributed by atoms with Crippen molar-refractivity contribution in [1.82, 2.24) is 15.0 Å². The van der Waals surface area contributed by atoms with Crippen LogP contribution in [-0.2, 0) is 6.18 Å². The van der Waals surface area contributed by atoms with Gasteiger partial charge in [0.05, 0.1) is 32.5 Å². The largest absolute Gasteiger partial charge is 0.416 e. The van der Waals surface area contributed by atoms with Crippen molar-refractivity contribution in [2.24, 2.45) is 0 Å². The lowest BCUT2D eigenvalue weighted by Gasteiger charge is -2.11. The van der Waals surface area contributed by atoms with Crippen LogP contribution in [0, 0.1) is 13.8 Å². The van der Waals surface area contributed by atoms with E-state index < -0.39 is 11.7 Å². The number of anilines is 2. The molecule has 158 valence electrons. The fourth-order valence-corrected chi connectivity index (χ4v) is 4.04. The summed E-state index contributed by atoms with van der Waals surface area (Å²) in [7, 11) is 0. The van der Waals surface area contributed by atoms with Gasteiger partial charge in [0.25, 0.3) is 0 Å². The number of thiazole rings is 1. The average Bonchev–Trinajstić information content (AvgIpc) is 3.07. The molecule has 0 aliphatic carbocycles. The molecular formula is C22H16ClF3N4S. The second kappa shape index (κ2) is 8.28. The van der Waals surface area contributed by atoms with Crippen LogP contribution in [0.5, 0.6) is 0 Å². The van der Waals surface area contributed by atoms with E-state index in [-0.39, 0.29) is 0 Å². The van der Waals surface area contributed by atoms with Gasteiger partial charge >= 0.3 is 6.18 Å². The molecule has 2 heterocycles. The Bertz CT molecular complexity index is 1220. The van der Waals surface area contributed by atoms with Gasteiger partial charge in [-0.25, -0.2) is 15.0 Å². The highest BCUT2D eigenvalue weighted by molar-refractivity contribution is 7.15. The highest BCUT2D eigenvalue weighted by Crippen LogP contribution is 2.34. The number of hydrogen-bond acceptors (Lipinski definition) is 5. The molecule has 0 aliphatic heterocycles. The minimum atomic E-state index is -4.39. The van der Waals surface area contributed by atoms with E-state index in [4.69, 9.17) is 11.6 Å². The van der Waals surface area contributed by atoms with Gasteiger partial charge < -0.3 is 5.32 Å². The van der Waals surface area contributed by atoms with E-state index in [1.54, 1.807) is 30.3 Å². The molecule has 2 aromatic heterocycles. The van der Waals surface area contributed by atoms with Crippen LogP contribution in [0.25, 0.3) is 21.8 Å². The number of hydrogen-bond donors (Lipinski definition) is 1. The van der Waals surface area contributed by atoms with Gasteiger partial charge in [0.15, 0.2) is 0 Å². The first-order chi connectivity index (χ1) is 14.7. The third kappa shape index (κ3) is 4.86. The lowest BCUT2D eigenvalue weighted by molar-refractivity contribution is -0.137. The molecule has 4 rings (SSSR count). The second-order valence-electron chi connectivity index (χ2n) is 6.82. The summed E-state index contributed by atoms with van der Waals surface area (Å²) in [6, 6.07) is 13.7. The molecule has 31 heavy (non-hydrogen) atoms. The van der Waals surface area contributed by atoms with Gasteiger partial charge in [-0.05, 0) is 56.3 Å². The van der Waals surface area contributed by atoms with Crippen molar-refractivity contribution in [1.29, 1.82) is 0 Å². The maximum atomic E-state index is 12.9. The van der Waals surface area contributed by atoms with Gasteiger partial charge in [-0.2, -0.15) is 13.2 Å². The molecule has 4 nitrogen and oxygen atoms in total. The van der Waals surface area contributed by atoms with Crippen LogP contribution < -0.4 is 5.32 Å². The Kier molecular flexibility index (Phi) is 5.68. The minimum Gasteiger partial charge on any atom is -0.324 e. The molecule has 2 aromatic carbocycles. The molecule has 0 aliphatic rings. The zero-order chi connectivity index (χ0) is 22.2. The van der Waals surface area contributed by atoms with Crippen molar-refractivity contribution in [3.63, 3.8) is 0 Å². The quantitative estimate of drug-likeness (QED) is 0.347. The summed E-state index contributed by atoms with van der Waals surface area (Å²) in [6.07, 6.45) is -4.39. The summed E-state index contributed by atoms with van der Waals surface area (Å²) in [5.41, 5.74) is 2.55. The zero-order valence-electron chi connectivity index (χ0n) is 16.5. The third-order valence-corrected chi connectivity index (χ3v) is 5.82. The summed E-state index contributed by atoms with van der Waals surface area (Å²) in [5, 5.41) is 4.63. The fraction of sp³-hybridized carbons (Fsp3) is 0.136. The predicted molar refractivity (Wildman–Crippen MR) is 118 cm³/mol. The summed E-state index contributed by atoms with van der Waals surface area (Å²) in [4.78, 5) is 14.5. The second-order valence-corrected chi connectivity index (χ2v) is 8.46. The number of nitrogens with zero attached hydrogens (tertiary/aromatic N) is 3. The van der Waals surface area contributed by atoms with Gasteiger partial charge in [0.2, 0.25) is 5.95 Å². The summed E-state index contributed by atoms with van der Waals surface area (Å²) < 4.78 is 38.8. The Labute approximate surface area is 185 Å². The molecule has 0 amide bonds. The number of benzene rings is 2. The number of alkyl halides is 3. The lowest BCUT2D eigenvalue weighted by atomic mass is 10.1. The SMILES string of the molecule is Cc1nc(C)c(-c2cc(-c3ccc(C(F)(F)F)cc3)nc(Nc3ccc(Cl)cc3)n2)s1. The smallest absolute Gasteiger partial charge is 0.324 e. The average molecular weight is 461 g/mol. The van der Waals surface area contributed by atoms with E-state index in [2.05, 4.69) is 20.3 Å². The molecule has 1 N–H and O–H groups in total. The van der Waals surface area contributed by atoms with E-state index in [1.165, 1.54) is 23.5 Å². The van der Waals surface area contributed by atoms with Crippen molar-refractivity contribution in [2.75, 3.05) is 5.32 Å². The van der Waals surface area contributed by atoms with Gasteiger partial charge in [-0.15, -0.1) is 11.3 Å². The van der Waals surface area contributed by atoms with E-state index in [0.717, 1.165) is 33.4 Å². The Balaban J connectivity index is 1.79. The van der Waals surface area contributed by atoms with Crippen LogP contribution in [0.2, 0.25) is 5.02 Å². The van der Waals surface area contributed by atoms with E-state index in [9.17, 15) is 13.2 Å². The highest BCUT2D eigenvalue weighted by Gasteiger charge is 2.30. The molecule has 0 fully saturated rings. The van der Waals surface area contributed by atoms with Crippen molar-refractivity contribution < 1.29 is 13.2 Å². The van der Waals surface area contributed by atoms with Crippen LogP contribution >= 0.6 is 22.9 Å². The minimum absolute atomic E-state index is 0.320. The molecule has 0 atom stereocenters. The number of aryl methyl sites for hydroxylation is 2. The fourth-order valence-electron chi connectivity index (χ4n) is 3.03. The van der Waals surface area contributed by atoms with E-state index >= 15 is 0 Å². The summed E-state index contributed by atoms with van der Waals surface area (Å²) >= 11 is 7.44. The first-order valence-electron chi connectivity index (χ1n) is 9.23. The van der Waals surface area contributed by atoms with Crippen molar-refractivity contribution >= 4 is 34.6 Å². The zero-order valence-corrected chi connectivity index (χ0v) is 18.0. The standard InChI is InChI=1S/C22H16ClF3N4S/c1-12-20(31-13(2)27-12)19-11-18(14-3-5-15(6-4-14)22(24,25)26)29-21(30-19)28-17-9-7-16(23)8-10-17/h3-11H,1-2H3,(H,28,29,30). The number of nitrogens with one attached hydrogen (secondary N) is 1. The van der Waals surface area contributed by atoms with Crippen LogP contribution in [0.1, 0.15) is 16.3 Å². The van der Waals surface area contributed by atoms with Gasteiger partial charge in [-0.3, -0.25) is 0 Å². The Hall–Kier alpha value is -2.97. The number of aromatic nitrogens is 3. The monoisotopic (exact) mass is 460 g/mol. The highest BCUT2D eigenvalue weighted by atomic mass is 35.5. The van der Waals surface area contributed by atoms with Crippen molar-refractivity contribution in [2.45, 2.75) is 20.0 Å². The molecule has 0 bridgehead atoms. The van der Waals surface area contributed by atoms with E-state index in [1.807, 2.05) is 13.8 Å². The van der Waals surface area contributed by atoms with Crippen molar-refractivity contribution in [3.8, 4) is 21.8 Å². The topological polar surface area (TPSA) is 50.7 Å². The van der Waals surface area contributed by atoms with Crippen LogP contribution in [0.3, 0.4) is 0 Å². The van der Waals surface area contributed by atoms with E-state index in [0.29, 0.717) is 27.9 Å². The molecule has 0 unspecified atom stereocenters. The van der Waals surface area contributed by atoms with Gasteiger partial charge in [-0.1, -0.05) is 23.7 Å². The lowest BCUT2D eigenvalue weighted by Crippen LogP contribution is -2.04. The van der Waals surface area contributed by atoms with Crippen LogP contribution in [-0.4, -0.2) is 15.0 Å². The summed E-state index contributed by atoms with van der Waals surface area (Å²) in [6.45, 7) is 3.80. The summed E-state index contributed by atoms with van der Waals surface area (Å²) in [5.74, 6) is 0.320. The Morgan fingerprint density at radius 3 is 2.10 bits per heavy atom. The molecule has 0 saturated carbocycles. The molecule has 0 spiro atoms. The number of rotatable bonds is 4. The molecule has 0 saturated heterocycles. The molecule has 4 aromatic rings. The molecule has 0 radical (unpaired) electrons. The number of halogens is 4. The molecule has 9 heteroatoms.